The summed E-state index contributed by atoms with van der Waals surface area (Å²) in [4.78, 5) is 9.58. The molecule has 0 unspecified atom stereocenters. The molecule has 0 amide bonds. The fourth-order valence-electron chi connectivity index (χ4n) is 4.60. The molecule has 6 nitrogen and oxygen atoms in total. The lowest BCUT2D eigenvalue weighted by molar-refractivity contribution is 0.109. The van der Waals surface area contributed by atoms with Crippen LogP contribution in [0.15, 0.2) is 16.7 Å². The molecule has 6 heteroatoms. The third-order valence-corrected chi connectivity index (χ3v) is 6.15. The van der Waals surface area contributed by atoms with Crippen molar-refractivity contribution in [3.63, 3.8) is 0 Å². The van der Waals surface area contributed by atoms with E-state index in [1.54, 1.807) is 7.11 Å². The Morgan fingerprint density at radius 3 is 2.80 bits per heavy atom. The van der Waals surface area contributed by atoms with Gasteiger partial charge in [-0.1, -0.05) is 17.3 Å². The van der Waals surface area contributed by atoms with Crippen LogP contribution >= 0.6 is 0 Å². The summed E-state index contributed by atoms with van der Waals surface area (Å²) in [5.74, 6) is 3.95. The summed E-state index contributed by atoms with van der Waals surface area (Å²) >= 11 is 0. The van der Waals surface area contributed by atoms with Crippen LogP contribution in [0.1, 0.15) is 44.0 Å². The van der Waals surface area contributed by atoms with E-state index in [1.165, 1.54) is 32.4 Å². The molecule has 1 aliphatic heterocycles. The number of rotatable bonds is 6. The van der Waals surface area contributed by atoms with Crippen molar-refractivity contribution in [2.24, 2.45) is 17.8 Å². The van der Waals surface area contributed by atoms with Gasteiger partial charge in [-0.2, -0.15) is 4.98 Å². The number of hydrogen-bond donors (Lipinski definition) is 0. The topological polar surface area (TPSA) is 54.6 Å². The van der Waals surface area contributed by atoms with E-state index >= 15 is 0 Å². The van der Waals surface area contributed by atoms with E-state index in [0.717, 1.165) is 43.9 Å². The lowest BCUT2D eigenvalue weighted by Gasteiger charge is -2.27. The van der Waals surface area contributed by atoms with Crippen molar-refractivity contribution in [1.82, 2.24) is 19.9 Å². The zero-order valence-electron chi connectivity index (χ0n) is 15.4. The van der Waals surface area contributed by atoms with Crippen LogP contribution in [0.25, 0.3) is 0 Å². The van der Waals surface area contributed by atoms with Crippen LogP contribution in [0.2, 0.25) is 0 Å². The van der Waals surface area contributed by atoms with E-state index in [-0.39, 0.29) is 6.10 Å². The van der Waals surface area contributed by atoms with Gasteiger partial charge in [0.15, 0.2) is 5.82 Å². The highest BCUT2D eigenvalue weighted by molar-refractivity contribution is 5.10. The standard InChI is InChI=1S/C19H30N4O2/c1-14(24-2)19-20-18(25-21-19)13-23-7-3-6-22(8-9-23)12-17-11-15-4-5-16(17)10-15/h4-5,14-17H,3,6-13H2,1-2H3/t14-,15+,16+,17+/m1/s1. The normalized spacial score (nSPS) is 31.5. The minimum absolute atomic E-state index is 0.118. The van der Waals surface area contributed by atoms with Crippen molar-refractivity contribution >= 4 is 0 Å². The average molecular weight is 346 g/mol. The van der Waals surface area contributed by atoms with Crippen LogP contribution in [0.5, 0.6) is 0 Å². The highest BCUT2D eigenvalue weighted by Gasteiger charge is 2.36. The van der Waals surface area contributed by atoms with Crippen LogP contribution in [0.3, 0.4) is 0 Å². The fraction of sp³-hybridized carbons (Fsp3) is 0.789. The van der Waals surface area contributed by atoms with Gasteiger partial charge < -0.3 is 14.2 Å². The van der Waals surface area contributed by atoms with Gasteiger partial charge >= 0.3 is 0 Å². The number of methoxy groups -OCH3 is 1. The van der Waals surface area contributed by atoms with E-state index in [2.05, 4.69) is 32.1 Å². The number of fused-ring (bicyclic) bond motifs is 2. The molecule has 2 bridgehead atoms. The molecule has 0 spiro atoms. The Balaban J connectivity index is 1.26. The molecule has 0 radical (unpaired) electrons. The van der Waals surface area contributed by atoms with Gasteiger partial charge in [-0.15, -0.1) is 0 Å². The average Bonchev–Trinajstić information content (AvgIpc) is 3.31. The summed E-state index contributed by atoms with van der Waals surface area (Å²) in [5.41, 5.74) is 0. The number of aromatic nitrogens is 2. The molecule has 0 N–H and O–H groups in total. The predicted molar refractivity (Wildman–Crippen MR) is 94.9 cm³/mol. The highest BCUT2D eigenvalue weighted by Crippen LogP contribution is 2.43. The molecule has 1 saturated heterocycles. The minimum Gasteiger partial charge on any atom is -0.374 e. The molecular weight excluding hydrogens is 316 g/mol. The zero-order valence-corrected chi connectivity index (χ0v) is 15.4. The Morgan fingerprint density at radius 1 is 1.20 bits per heavy atom. The summed E-state index contributed by atoms with van der Waals surface area (Å²) < 4.78 is 10.6. The van der Waals surface area contributed by atoms with E-state index in [1.807, 2.05) is 6.92 Å². The largest absolute Gasteiger partial charge is 0.374 e. The first-order valence-electron chi connectivity index (χ1n) is 9.69. The molecule has 1 aromatic rings. The van der Waals surface area contributed by atoms with E-state index in [0.29, 0.717) is 11.7 Å². The summed E-state index contributed by atoms with van der Waals surface area (Å²) in [7, 11) is 1.66. The maximum Gasteiger partial charge on any atom is 0.240 e. The van der Waals surface area contributed by atoms with Crippen LogP contribution in [-0.4, -0.2) is 59.8 Å². The second kappa shape index (κ2) is 7.56. The molecule has 25 heavy (non-hydrogen) atoms. The predicted octanol–water partition coefficient (Wildman–Crippen LogP) is 2.50. The highest BCUT2D eigenvalue weighted by atomic mass is 16.5. The van der Waals surface area contributed by atoms with Gasteiger partial charge in [0.25, 0.3) is 0 Å². The number of ether oxygens (including phenoxy) is 1. The molecular formula is C19H30N4O2. The van der Waals surface area contributed by atoms with E-state index < -0.39 is 0 Å². The lowest BCUT2D eigenvalue weighted by atomic mass is 9.93. The first-order chi connectivity index (χ1) is 12.2. The Kier molecular flexibility index (Phi) is 5.20. The Morgan fingerprint density at radius 2 is 2.04 bits per heavy atom. The van der Waals surface area contributed by atoms with E-state index in [4.69, 9.17) is 9.26 Å². The number of hydrogen-bond acceptors (Lipinski definition) is 6. The van der Waals surface area contributed by atoms with Crippen molar-refractivity contribution in [2.75, 3.05) is 39.8 Å². The zero-order chi connectivity index (χ0) is 17.2. The van der Waals surface area contributed by atoms with Gasteiger partial charge in [-0.25, -0.2) is 0 Å². The van der Waals surface area contributed by atoms with Crippen LogP contribution in [-0.2, 0) is 11.3 Å². The van der Waals surface area contributed by atoms with Crippen molar-refractivity contribution < 1.29 is 9.26 Å². The Bertz CT molecular complexity index is 602. The molecule has 2 fully saturated rings. The van der Waals surface area contributed by atoms with Gasteiger partial charge in [0.05, 0.1) is 6.54 Å². The maximum absolute atomic E-state index is 5.40. The van der Waals surface area contributed by atoms with Crippen molar-refractivity contribution in [2.45, 2.75) is 38.8 Å². The first kappa shape index (κ1) is 17.2. The third-order valence-electron chi connectivity index (χ3n) is 6.15. The minimum atomic E-state index is -0.118. The van der Waals surface area contributed by atoms with Crippen LogP contribution in [0.4, 0.5) is 0 Å². The summed E-state index contributed by atoms with van der Waals surface area (Å²) in [6, 6.07) is 0. The monoisotopic (exact) mass is 346 g/mol. The van der Waals surface area contributed by atoms with Crippen LogP contribution in [0, 0.1) is 17.8 Å². The van der Waals surface area contributed by atoms with Crippen molar-refractivity contribution in [3.8, 4) is 0 Å². The van der Waals surface area contributed by atoms with Crippen molar-refractivity contribution in [1.29, 1.82) is 0 Å². The first-order valence-corrected chi connectivity index (χ1v) is 9.69. The lowest BCUT2D eigenvalue weighted by Crippen LogP contribution is -2.35. The van der Waals surface area contributed by atoms with Gasteiger partial charge in [0, 0.05) is 26.7 Å². The summed E-state index contributed by atoms with van der Waals surface area (Å²) in [5, 5.41) is 4.03. The maximum atomic E-state index is 5.40. The molecule has 4 rings (SSSR count). The number of allylic oxidation sites excluding steroid dienone is 2. The second-order valence-corrected chi connectivity index (χ2v) is 7.89. The Labute approximate surface area is 150 Å². The Hall–Kier alpha value is -1.24. The van der Waals surface area contributed by atoms with Gasteiger partial charge in [-0.05, 0) is 57.0 Å². The van der Waals surface area contributed by atoms with Crippen LogP contribution < -0.4 is 0 Å². The second-order valence-electron chi connectivity index (χ2n) is 7.89. The molecule has 2 heterocycles. The summed E-state index contributed by atoms with van der Waals surface area (Å²) in [6.45, 7) is 8.49. The fourth-order valence-corrected chi connectivity index (χ4v) is 4.60. The molecule has 138 valence electrons. The summed E-state index contributed by atoms with van der Waals surface area (Å²) in [6.07, 6.45) is 8.82. The van der Waals surface area contributed by atoms with Gasteiger partial charge in [0.1, 0.15) is 6.10 Å². The molecule has 3 aliphatic rings. The van der Waals surface area contributed by atoms with Gasteiger partial charge in [0.2, 0.25) is 5.89 Å². The smallest absolute Gasteiger partial charge is 0.240 e. The third kappa shape index (κ3) is 3.96. The molecule has 1 aromatic heterocycles. The SMILES string of the molecule is CO[C@H](C)c1noc(CN2CCCN(C[C@@H]3C[C@H]4C=C[C@H]3C4)CC2)n1. The van der Waals surface area contributed by atoms with E-state index in [9.17, 15) is 0 Å². The van der Waals surface area contributed by atoms with Crippen molar-refractivity contribution in [3.05, 3.63) is 23.9 Å². The molecule has 4 atom stereocenters. The molecule has 0 aromatic carbocycles. The quantitative estimate of drug-likeness (QED) is 0.738. The number of nitrogens with zero attached hydrogens (tertiary/aromatic N) is 4. The molecule has 1 saturated carbocycles. The molecule has 2 aliphatic carbocycles. The van der Waals surface area contributed by atoms with Gasteiger partial charge in [-0.3, -0.25) is 4.90 Å².